The maximum absolute atomic E-state index is 10.9. The van der Waals surface area contributed by atoms with Gasteiger partial charge in [-0.2, -0.15) is 5.10 Å². The average Bonchev–Trinajstić information content (AvgIpc) is 2.46. The summed E-state index contributed by atoms with van der Waals surface area (Å²) in [5, 5.41) is 4.77. The van der Waals surface area contributed by atoms with Crippen LogP contribution in [0.1, 0.15) is 25.5 Å². The fourth-order valence-corrected chi connectivity index (χ4v) is 1.45. The van der Waals surface area contributed by atoms with E-state index in [0.29, 0.717) is 5.02 Å². The zero-order chi connectivity index (χ0) is 10.7. The molecule has 0 radical (unpaired) electrons. The topological polar surface area (TPSA) is 44.1 Å². The van der Waals surface area contributed by atoms with Crippen LogP contribution in [0.5, 0.6) is 0 Å². The normalized spacial score (nSPS) is 10.6. The monoisotopic (exact) mass is 216 g/mol. The van der Waals surface area contributed by atoms with Gasteiger partial charge in [-0.1, -0.05) is 25.4 Å². The summed E-state index contributed by atoms with van der Waals surface area (Å²) in [7, 11) is 1.34. The van der Waals surface area contributed by atoms with Gasteiger partial charge in [-0.3, -0.25) is 9.48 Å². The zero-order valence-electron chi connectivity index (χ0n) is 8.45. The van der Waals surface area contributed by atoms with Gasteiger partial charge in [0.05, 0.1) is 17.8 Å². The SMILES string of the molecule is COC(=O)Cn1cc(Cl)c(C(C)C)n1. The number of carbonyl (C=O) groups is 1. The molecule has 0 spiro atoms. The minimum atomic E-state index is -0.334. The lowest BCUT2D eigenvalue weighted by molar-refractivity contribution is -0.141. The van der Waals surface area contributed by atoms with E-state index in [2.05, 4.69) is 9.84 Å². The van der Waals surface area contributed by atoms with Gasteiger partial charge in [0.2, 0.25) is 0 Å². The number of nitrogens with zero attached hydrogens (tertiary/aromatic N) is 2. The van der Waals surface area contributed by atoms with Crippen molar-refractivity contribution in [2.45, 2.75) is 26.3 Å². The third-order valence-electron chi connectivity index (χ3n) is 1.81. The molecular weight excluding hydrogens is 204 g/mol. The van der Waals surface area contributed by atoms with Crippen molar-refractivity contribution in [2.24, 2.45) is 0 Å². The molecule has 0 aromatic carbocycles. The quantitative estimate of drug-likeness (QED) is 0.725. The standard InChI is InChI=1S/C9H13ClN2O2/c1-6(2)9-7(10)4-12(11-9)5-8(13)14-3/h4,6H,5H2,1-3H3. The molecule has 78 valence electrons. The van der Waals surface area contributed by atoms with Crippen molar-refractivity contribution in [1.82, 2.24) is 9.78 Å². The van der Waals surface area contributed by atoms with Crippen LogP contribution in [0.4, 0.5) is 0 Å². The predicted octanol–water partition coefficient (Wildman–Crippen LogP) is 1.83. The van der Waals surface area contributed by atoms with Gasteiger partial charge in [0.15, 0.2) is 0 Å². The maximum atomic E-state index is 10.9. The van der Waals surface area contributed by atoms with Crippen LogP contribution in [0.25, 0.3) is 0 Å². The van der Waals surface area contributed by atoms with Crippen molar-refractivity contribution in [3.8, 4) is 0 Å². The van der Waals surface area contributed by atoms with Crippen LogP contribution < -0.4 is 0 Å². The number of carbonyl (C=O) groups excluding carboxylic acids is 1. The zero-order valence-corrected chi connectivity index (χ0v) is 9.21. The van der Waals surface area contributed by atoms with Crippen molar-refractivity contribution in [3.63, 3.8) is 0 Å². The molecule has 0 aliphatic rings. The molecule has 0 fully saturated rings. The number of halogens is 1. The molecule has 5 heteroatoms. The molecule has 1 aromatic rings. The van der Waals surface area contributed by atoms with Crippen LogP contribution >= 0.6 is 11.6 Å². The fourth-order valence-electron chi connectivity index (χ4n) is 1.08. The van der Waals surface area contributed by atoms with Crippen LogP contribution in [0, 0.1) is 0 Å². The number of esters is 1. The van der Waals surface area contributed by atoms with Crippen LogP contribution in [-0.2, 0) is 16.1 Å². The van der Waals surface area contributed by atoms with E-state index in [1.807, 2.05) is 13.8 Å². The molecule has 1 heterocycles. The van der Waals surface area contributed by atoms with Gasteiger partial charge in [-0.25, -0.2) is 0 Å². The van der Waals surface area contributed by atoms with Gasteiger partial charge < -0.3 is 4.74 Å². The summed E-state index contributed by atoms with van der Waals surface area (Å²) in [6.45, 7) is 4.09. The fraction of sp³-hybridized carbons (Fsp3) is 0.556. The molecule has 4 nitrogen and oxygen atoms in total. The minimum absolute atomic E-state index is 0.100. The number of methoxy groups -OCH3 is 1. The first-order chi connectivity index (χ1) is 6.54. The highest BCUT2D eigenvalue weighted by Gasteiger charge is 2.12. The lowest BCUT2D eigenvalue weighted by Gasteiger charge is -2.00. The predicted molar refractivity (Wildman–Crippen MR) is 53.3 cm³/mol. The highest BCUT2D eigenvalue weighted by atomic mass is 35.5. The lowest BCUT2D eigenvalue weighted by atomic mass is 10.1. The molecular formula is C9H13ClN2O2. The third kappa shape index (κ3) is 2.48. The van der Waals surface area contributed by atoms with E-state index in [-0.39, 0.29) is 18.4 Å². The number of hydrogen-bond acceptors (Lipinski definition) is 3. The second-order valence-electron chi connectivity index (χ2n) is 3.29. The van der Waals surface area contributed by atoms with Gasteiger partial charge in [0.25, 0.3) is 0 Å². The van der Waals surface area contributed by atoms with Crippen molar-refractivity contribution in [3.05, 3.63) is 16.9 Å². The Morgan fingerprint density at radius 2 is 2.36 bits per heavy atom. The first-order valence-corrected chi connectivity index (χ1v) is 4.72. The first-order valence-electron chi connectivity index (χ1n) is 4.34. The molecule has 0 atom stereocenters. The Hall–Kier alpha value is -1.03. The van der Waals surface area contributed by atoms with E-state index < -0.39 is 0 Å². The molecule has 0 saturated heterocycles. The van der Waals surface area contributed by atoms with Crippen molar-refractivity contribution < 1.29 is 9.53 Å². The van der Waals surface area contributed by atoms with Crippen molar-refractivity contribution in [1.29, 1.82) is 0 Å². The van der Waals surface area contributed by atoms with Crippen molar-refractivity contribution in [2.75, 3.05) is 7.11 Å². The van der Waals surface area contributed by atoms with Gasteiger partial charge in [0, 0.05) is 6.20 Å². The number of hydrogen-bond donors (Lipinski definition) is 0. The summed E-state index contributed by atoms with van der Waals surface area (Å²) >= 11 is 5.93. The number of aromatic nitrogens is 2. The lowest BCUT2D eigenvalue weighted by Crippen LogP contribution is -2.12. The van der Waals surface area contributed by atoms with Crippen molar-refractivity contribution >= 4 is 17.6 Å². The van der Waals surface area contributed by atoms with E-state index in [9.17, 15) is 4.79 Å². The molecule has 0 N–H and O–H groups in total. The van der Waals surface area contributed by atoms with Gasteiger partial charge in [0.1, 0.15) is 6.54 Å². The summed E-state index contributed by atoms with van der Waals surface area (Å²) in [4.78, 5) is 10.9. The Morgan fingerprint density at radius 3 is 2.79 bits per heavy atom. The molecule has 14 heavy (non-hydrogen) atoms. The third-order valence-corrected chi connectivity index (χ3v) is 2.10. The van der Waals surface area contributed by atoms with E-state index in [4.69, 9.17) is 11.6 Å². The highest BCUT2D eigenvalue weighted by molar-refractivity contribution is 6.31. The first kappa shape index (κ1) is 11.0. The summed E-state index contributed by atoms with van der Waals surface area (Å²) in [6.07, 6.45) is 1.63. The maximum Gasteiger partial charge on any atom is 0.327 e. The molecule has 1 rings (SSSR count). The van der Waals surface area contributed by atoms with E-state index in [1.54, 1.807) is 6.20 Å². The Bertz CT molecular complexity index is 334. The summed E-state index contributed by atoms with van der Waals surface area (Å²) < 4.78 is 6.01. The number of rotatable bonds is 3. The van der Waals surface area contributed by atoms with Crippen LogP contribution in [-0.4, -0.2) is 22.9 Å². The smallest absolute Gasteiger partial charge is 0.327 e. The molecule has 1 aromatic heterocycles. The molecule has 0 aliphatic heterocycles. The average molecular weight is 217 g/mol. The Morgan fingerprint density at radius 1 is 1.71 bits per heavy atom. The van der Waals surface area contributed by atoms with Gasteiger partial charge >= 0.3 is 5.97 Å². The summed E-state index contributed by atoms with van der Waals surface area (Å²) in [5.41, 5.74) is 0.801. The molecule has 0 aliphatic carbocycles. The minimum Gasteiger partial charge on any atom is -0.468 e. The van der Waals surface area contributed by atoms with Crippen LogP contribution in [0.2, 0.25) is 5.02 Å². The Balaban J connectivity index is 2.81. The molecule has 0 unspecified atom stereocenters. The summed E-state index contributed by atoms with van der Waals surface area (Å²) in [6, 6.07) is 0. The van der Waals surface area contributed by atoms with Gasteiger partial charge in [-0.15, -0.1) is 0 Å². The second-order valence-corrected chi connectivity index (χ2v) is 3.70. The van der Waals surface area contributed by atoms with Crippen LogP contribution in [0.3, 0.4) is 0 Å². The largest absolute Gasteiger partial charge is 0.468 e. The molecule has 0 saturated carbocycles. The van der Waals surface area contributed by atoms with E-state index in [1.165, 1.54) is 11.8 Å². The van der Waals surface area contributed by atoms with E-state index >= 15 is 0 Å². The molecule has 0 amide bonds. The number of ether oxygens (including phenoxy) is 1. The highest BCUT2D eigenvalue weighted by Crippen LogP contribution is 2.21. The van der Waals surface area contributed by atoms with Gasteiger partial charge in [-0.05, 0) is 5.92 Å². The second kappa shape index (κ2) is 4.46. The summed E-state index contributed by atoms with van der Waals surface area (Å²) in [5.74, 6) is -0.0825. The van der Waals surface area contributed by atoms with Crippen LogP contribution in [0.15, 0.2) is 6.20 Å². The van der Waals surface area contributed by atoms with E-state index in [0.717, 1.165) is 5.69 Å². The Labute approximate surface area is 87.8 Å². The molecule has 0 bridgehead atoms. The Kier molecular flexibility index (Phi) is 3.52.